The number of thiophene rings is 1. The molecule has 5 heteroatoms. The van der Waals surface area contributed by atoms with E-state index in [9.17, 15) is 4.79 Å². The van der Waals surface area contributed by atoms with Gasteiger partial charge in [0.15, 0.2) is 0 Å². The molecule has 0 radical (unpaired) electrons. The van der Waals surface area contributed by atoms with Crippen LogP contribution in [0.1, 0.15) is 49.9 Å². The van der Waals surface area contributed by atoms with Crippen LogP contribution in [0.2, 0.25) is 0 Å². The van der Waals surface area contributed by atoms with E-state index < -0.39 is 0 Å². The highest BCUT2D eigenvalue weighted by Crippen LogP contribution is 2.25. The number of morpholine rings is 1. The molecular formula is C18H29N2O2S+. The second kappa shape index (κ2) is 8.27. The Labute approximate surface area is 143 Å². The van der Waals surface area contributed by atoms with E-state index in [1.165, 1.54) is 29.0 Å². The largest absolute Gasteiger partial charge is 0.370 e. The fraction of sp³-hybridized carbons (Fsp3) is 0.722. The van der Waals surface area contributed by atoms with Gasteiger partial charge in [-0.3, -0.25) is 4.79 Å². The molecule has 2 heterocycles. The summed E-state index contributed by atoms with van der Waals surface area (Å²) in [6.07, 6.45) is 5.82. The van der Waals surface area contributed by atoms with E-state index in [0.717, 1.165) is 39.1 Å². The molecule has 1 aliphatic heterocycles. The predicted molar refractivity (Wildman–Crippen MR) is 92.8 cm³/mol. The third-order valence-corrected chi connectivity index (χ3v) is 6.23. The molecule has 23 heavy (non-hydrogen) atoms. The van der Waals surface area contributed by atoms with E-state index in [0.29, 0.717) is 6.04 Å². The first kappa shape index (κ1) is 16.9. The van der Waals surface area contributed by atoms with Crippen LogP contribution in [0.3, 0.4) is 0 Å². The van der Waals surface area contributed by atoms with Crippen molar-refractivity contribution in [2.24, 2.45) is 5.92 Å². The molecule has 1 saturated carbocycles. The summed E-state index contributed by atoms with van der Waals surface area (Å²) in [5.41, 5.74) is 0. The number of carbonyl (C=O) groups is 1. The first-order chi connectivity index (χ1) is 11.3. The van der Waals surface area contributed by atoms with Crippen molar-refractivity contribution in [3.05, 3.63) is 22.4 Å². The van der Waals surface area contributed by atoms with Gasteiger partial charge >= 0.3 is 0 Å². The lowest BCUT2D eigenvalue weighted by molar-refractivity contribution is -0.939. The van der Waals surface area contributed by atoms with Crippen molar-refractivity contribution < 1.29 is 14.4 Å². The average Bonchev–Trinajstić information content (AvgIpc) is 3.11. The number of rotatable bonds is 5. The maximum Gasteiger partial charge on any atom is 0.223 e. The second-order valence-corrected chi connectivity index (χ2v) is 7.88. The SMILES string of the molecule is C[C@H](NC(=O)C1CCCCC1)[C@@H](c1cccs1)[NH+]1CCOCC1. The summed E-state index contributed by atoms with van der Waals surface area (Å²) in [5, 5.41) is 5.48. The summed E-state index contributed by atoms with van der Waals surface area (Å²) in [6.45, 7) is 5.85. The molecule has 2 aliphatic rings. The number of carbonyl (C=O) groups excluding carboxylic acids is 1. The minimum absolute atomic E-state index is 0.163. The number of quaternary nitrogens is 1. The van der Waals surface area contributed by atoms with Crippen LogP contribution in [-0.2, 0) is 9.53 Å². The van der Waals surface area contributed by atoms with E-state index in [-0.39, 0.29) is 17.9 Å². The maximum absolute atomic E-state index is 12.6. The van der Waals surface area contributed by atoms with E-state index in [2.05, 4.69) is 29.8 Å². The molecule has 1 aromatic heterocycles. The quantitative estimate of drug-likeness (QED) is 0.860. The maximum atomic E-state index is 12.6. The third-order valence-electron chi connectivity index (χ3n) is 5.27. The fourth-order valence-electron chi connectivity index (χ4n) is 4.00. The Bertz CT molecular complexity index is 479. The number of hydrogen-bond donors (Lipinski definition) is 2. The minimum Gasteiger partial charge on any atom is -0.370 e. The van der Waals surface area contributed by atoms with Gasteiger partial charge in [-0.25, -0.2) is 0 Å². The molecule has 3 rings (SSSR count). The molecular weight excluding hydrogens is 308 g/mol. The molecule has 2 N–H and O–H groups in total. The van der Waals surface area contributed by atoms with Crippen LogP contribution in [0.4, 0.5) is 0 Å². The molecule has 0 unspecified atom stereocenters. The monoisotopic (exact) mass is 337 g/mol. The smallest absolute Gasteiger partial charge is 0.223 e. The molecule has 2 fully saturated rings. The van der Waals surface area contributed by atoms with Crippen LogP contribution in [0.15, 0.2) is 17.5 Å². The molecule has 128 valence electrons. The van der Waals surface area contributed by atoms with E-state index in [4.69, 9.17) is 4.74 Å². The van der Waals surface area contributed by atoms with Gasteiger partial charge in [-0.05, 0) is 31.2 Å². The average molecular weight is 338 g/mol. The van der Waals surface area contributed by atoms with Gasteiger partial charge < -0.3 is 15.0 Å². The van der Waals surface area contributed by atoms with Crippen molar-refractivity contribution in [2.75, 3.05) is 26.3 Å². The van der Waals surface area contributed by atoms with E-state index >= 15 is 0 Å². The van der Waals surface area contributed by atoms with E-state index in [1.54, 1.807) is 11.3 Å². The van der Waals surface area contributed by atoms with Crippen LogP contribution in [0.25, 0.3) is 0 Å². The van der Waals surface area contributed by atoms with Gasteiger partial charge in [0.05, 0.1) is 24.1 Å². The van der Waals surface area contributed by atoms with Gasteiger partial charge in [-0.15, -0.1) is 11.3 Å². The van der Waals surface area contributed by atoms with Crippen molar-refractivity contribution in [3.8, 4) is 0 Å². The summed E-state index contributed by atoms with van der Waals surface area (Å²) in [7, 11) is 0. The van der Waals surface area contributed by atoms with Crippen LogP contribution >= 0.6 is 11.3 Å². The van der Waals surface area contributed by atoms with Gasteiger partial charge in [0.2, 0.25) is 5.91 Å². The zero-order valence-corrected chi connectivity index (χ0v) is 14.9. The van der Waals surface area contributed by atoms with Crippen molar-refractivity contribution in [3.63, 3.8) is 0 Å². The second-order valence-electron chi connectivity index (χ2n) is 6.90. The molecule has 1 amide bonds. The van der Waals surface area contributed by atoms with Gasteiger partial charge in [0.1, 0.15) is 19.1 Å². The Morgan fingerprint density at radius 2 is 2.04 bits per heavy atom. The Hall–Kier alpha value is -0.910. The zero-order chi connectivity index (χ0) is 16.1. The summed E-state index contributed by atoms with van der Waals surface area (Å²) < 4.78 is 5.52. The number of nitrogens with one attached hydrogen (secondary N) is 2. The lowest BCUT2D eigenvalue weighted by Crippen LogP contribution is -3.15. The van der Waals surface area contributed by atoms with Gasteiger partial charge in [0, 0.05) is 5.92 Å². The standard InChI is InChI=1S/C18H28N2O2S/c1-14(19-18(21)15-6-3-2-4-7-15)17(16-8-5-13-23-16)20-9-11-22-12-10-20/h5,8,13-15,17H,2-4,6-7,9-12H2,1H3,(H,19,21)/p+1/t14-,17-/m0/s1. The number of ether oxygens (including phenoxy) is 1. The Morgan fingerprint density at radius 1 is 1.30 bits per heavy atom. The predicted octanol–water partition coefficient (Wildman–Crippen LogP) is 1.79. The molecule has 0 bridgehead atoms. The number of amides is 1. The van der Waals surface area contributed by atoms with Gasteiger partial charge in [-0.2, -0.15) is 0 Å². The van der Waals surface area contributed by atoms with Crippen molar-refractivity contribution in [1.82, 2.24) is 5.32 Å². The van der Waals surface area contributed by atoms with Gasteiger partial charge in [-0.1, -0.05) is 25.3 Å². The van der Waals surface area contributed by atoms with Crippen molar-refractivity contribution >= 4 is 17.2 Å². The Morgan fingerprint density at radius 3 is 2.70 bits per heavy atom. The van der Waals surface area contributed by atoms with Crippen LogP contribution in [0, 0.1) is 5.92 Å². The lowest BCUT2D eigenvalue weighted by atomic mass is 9.88. The molecule has 0 aromatic carbocycles. The van der Waals surface area contributed by atoms with Crippen LogP contribution in [-0.4, -0.2) is 38.3 Å². The summed E-state index contributed by atoms with van der Waals surface area (Å²) in [5.74, 6) is 0.501. The minimum atomic E-state index is 0.163. The molecule has 1 aliphatic carbocycles. The van der Waals surface area contributed by atoms with Gasteiger partial charge in [0.25, 0.3) is 0 Å². The number of hydrogen-bond acceptors (Lipinski definition) is 3. The van der Waals surface area contributed by atoms with Crippen LogP contribution < -0.4 is 10.2 Å². The highest BCUT2D eigenvalue weighted by Gasteiger charge is 2.34. The Balaban J connectivity index is 1.67. The molecule has 0 spiro atoms. The molecule has 1 saturated heterocycles. The Kier molecular flexibility index (Phi) is 6.08. The lowest BCUT2D eigenvalue weighted by Gasteiger charge is -2.35. The summed E-state index contributed by atoms with van der Waals surface area (Å²) in [6, 6.07) is 4.83. The third kappa shape index (κ3) is 4.34. The normalized spacial score (nSPS) is 23.3. The first-order valence-electron chi connectivity index (χ1n) is 9.02. The summed E-state index contributed by atoms with van der Waals surface area (Å²) >= 11 is 1.80. The highest BCUT2D eigenvalue weighted by atomic mass is 32.1. The van der Waals surface area contributed by atoms with Crippen molar-refractivity contribution in [2.45, 2.75) is 51.1 Å². The topological polar surface area (TPSA) is 42.8 Å². The van der Waals surface area contributed by atoms with Crippen molar-refractivity contribution in [1.29, 1.82) is 0 Å². The van der Waals surface area contributed by atoms with E-state index in [1.807, 2.05) is 0 Å². The van der Waals surface area contributed by atoms with Crippen LogP contribution in [0.5, 0.6) is 0 Å². The zero-order valence-electron chi connectivity index (χ0n) is 14.1. The fourth-order valence-corrected chi connectivity index (χ4v) is 4.99. The molecule has 1 aromatic rings. The molecule has 4 nitrogen and oxygen atoms in total. The molecule has 2 atom stereocenters. The summed E-state index contributed by atoms with van der Waals surface area (Å²) in [4.78, 5) is 15.5. The first-order valence-corrected chi connectivity index (χ1v) is 9.90. The highest BCUT2D eigenvalue weighted by molar-refractivity contribution is 7.10.